The number of hydrogen-bond donors (Lipinski definition) is 0. The normalized spacial score (nSPS) is 20.9. The summed E-state index contributed by atoms with van der Waals surface area (Å²) in [6.45, 7) is 5.49. The van der Waals surface area contributed by atoms with E-state index < -0.39 is 0 Å². The number of hydrogen-bond acceptors (Lipinski definition) is 4. The molecule has 142 valence electrons. The van der Waals surface area contributed by atoms with Crippen molar-refractivity contribution in [3.8, 4) is 5.75 Å². The number of rotatable bonds is 5. The minimum absolute atomic E-state index is 0.254. The molecule has 1 atom stereocenters. The van der Waals surface area contributed by atoms with E-state index in [4.69, 9.17) is 17.3 Å². The van der Waals surface area contributed by atoms with E-state index in [-0.39, 0.29) is 6.04 Å². The summed E-state index contributed by atoms with van der Waals surface area (Å²) in [5, 5.41) is 0. The molecule has 0 aliphatic carbocycles. The lowest BCUT2D eigenvalue weighted by atomic mass is 9.89. The van der Waals surface area contributed by atoms with Crippen LogP contribution in [0.5, 0.6) is 5.75 Å². The average molecular weight is 383 g/mol. The molecule has 2 aromatic rings. The molecule has 2 aliphatic heterocycles. The van der Waals surface area contributed by atoms with Crippen molar-refractivity contribution in [1.82, 2.24) is 9.88 Å². The number of benzene rings is 1. The third kappa shape index (κ3) is 4.71. The molecule has 27 heavy (non-hydrogen) atoms. The lowest BCUT2D eigenvalue weighted by molar-refractivity contribution is -0.752. The Hall–Kier alpha value is -1.85. The van der Waals surface area contributed by atoms with Gasteiger partial charge in [-0.3, -0.25) is 9.88 Å². The lowest BCUT2D eigenvalue weighted by Gasteiger charge is -2.32. The van der Waals surface area contributed by atoms with Gasteiger partial charge in [0.15, 0.2) is 0 Å². The van der Waals surface area contributed by atoms with E-state index in [2.05, 4.69) is 40.2 Å². The van der Waals surface area contributed by atoms with Crippen molar-refractivity contribution in [2.75, 3.05) is 13.1 Å². The number of nitrogens with zero attached hydrogens (tertiary/aromatic N) is 3. The summed E-state index contributed by atoms with van der Waals surface area (Å²) in [6, 6.07) is 15.0. The fourth-order valence-electron chi connectivity index (χ4n) is 4.21. The molecule has 0 saturated carbocycles. The van der Waals surface area contributed by atoms with E-state index in [9.17, 15) is 0 Å². The summed E-state index contributed by atoms with van der Waals surface area (Å²) < 4.78 is 1.63. The Bertz CT molecular complexity index is 787. The number of aryl methyl sites for hydroxylation is 1. The highest BCUT2D eigenvalue weighted by atomic mass is 32.1. The van der Waals surface area contributed by atoms with Gasteiger partial charge in [0.05, 0.1) is 16.2 Å². The molecular weight excluding hydrogens is 354 g/mol. The first kappa shape index (κ1) is 18.5. The fraction of sp³-hybridized carbons (Fsp3) is 0.500. The zero-order chi connectivity index (χ0) is 18.6. The van der Waals surface area contributed by atoms with Crippen molar-refractivity contribution in [2.24, 2.45) is 5.92 Å². The quantitative estimate of drug-likeness (QED) is 0.730. The van der Waals surface area contributed by atoms with Crippen LogP contribution in [-0.4, -0.2) is 33.1 Å². The number of fused-ring (bicyclic) bond motifs is 1. The van der Waals surface area contributed by atoms with Gasteiger partial charge in [-0.2, -0.15) is 0 Å². The summed E-state index contributed by atoms with van der Waals surface area (Å²) in [6.07, 6.45) is 5.77. The van der Waals surface area contributed by atoms with Gasteiger partial charge >= 0.3 is 12.4 Å². The highest BCUT2D eigenvalue weighted by molar-refractivity contribution is 7.44. The van der Waals surface area contributed by atoms with Crippen molar-refractivity contribution in [3.05, 3.63) is 59.4 Å². The Balaban J connectivity index is 1.25. The van der Waals surface area contributed by atoms with E-state index in [0.717, 1.165) is 42.4 Å². The first-order valence-corrected chi connectivity index (χ1v) is 10.4. The molecule has 3 heterocycles. The van der Waals surface area contributed by atoms with E-state index in [1.54, 1.807) is 4.11 Å². The number of piperidine rings is 1. The zero-order valence-corrected chi connectivity index (χ0v) is 16.8. The number of pyridine rings is 1. The Labute approximate surface area is 167 Å². The summed E-state index contributed by atoms with van der Waals surface area (Å²) in [5.74, 6) is 1.62. The van der Waals surface area contributed by atoms with Crippen molar-refractivity contribution >= 4 is 12.4 Å². The standard InChI is InChI=1S/C22H28N3OS/c1-17-7-10-22-21(23-17)15-20(25(27)26-22)9-8-18-11-13-24(14-12-18)16-19-5-3-2-4-6-19/h2-7,10,18,20H,8-9,11-16H2,1H3/q+1. The Morgan fingerprint density at radius 3 is 2.67 bits per heavy atom. The van der Waals surface area contributed by atoms with Crippen LogP contribution in [0.2, 0.25) is 0 Å². The maximum absolute atomic E-state index is 5.80. The maximum atomic E-state index is 5.80. The summed E-state index contributed by atoms with van der Waals surface area (Å²) in [4.78, 5) is 13.0. The largest absolute Gasteiger partial charge is 0.321 e. The van der Waals surface area contributed by atoms with Gasteiger partial charge in [0.2, 0.25) is 11.8 Å². The molecule has 2 aliphatic rings. The molecule has 1 fully saturated rings. The molecule has 1 saturated heterocycles. The van der Waals surface area contributed by atoms with Crippen LogP contribution >= 0.6 is 0 Å². The Morgan fingerprint density at radius 1 is 1.11 bits per heavy atom. The second-order valence-corrected chi connectivity index (χ2v) is 8.27. The van der Waals surface area contributed by atoms with Crippen molar-refractivity contribution in [3.63, 3.8) is 0 Å². The fourth-order valence-corrected chi connectivity index (χ4v) is 4.47. The molecule has 0 N–H and O–H groups in total. The second-order valence-electron chi connectivity index (χ2n) is 7.91. The summed E-state index contributed by atoms with van der Waals surface area (Å²) in [7, 11) is 0. The smallest absolute Gasteiger partial charge is 0.299 e. The maximum Gasteiger partial charge on any atom is 0.321 e. The third-order valence-electron chi connectivity index (χ3n) is 5.85. The first-order valence-electron chi connectivity index (χ1n) is 10.0. The Kier molecular flexibility index (Phi) is 5.79. The minimum atomic E-state index is 0.254. The molecule has 5 heteroatoms. The molecule has 4 rings (SSSR count). The highest BCUT2D eigenvalue weighted by Crippen LogP contribution is 2.29. The van der Waals surface area contributed by atoms with Crippen LogP contribution in [0.25, 0.3) is 0 Å². The van der Waals surface area contributed by atoms with Crippen LogP contribution in [0.1, 0.15) is 42.6 Å². The molecule has 1 aromatic heterocycles. The third-order valence-corrected chi connectivity index (χ3v) is 6.22. The molecule has 0 spiro atoms. The number of hydroxylamine groups is 1. The van der Waals surface area contributed by atoms with Gasteiger partial charge in [-0.05, 0) is 62.9 Å². The predicted molar refractivity (Wildman–Crippen MR) is 108 cm³/mol. The lowest BCUT2D eigenvalue weighted by Crippen LogP contribution is -2.36. The minimum Gasteiger partial charge on any atom is -0.299 e. The van der Waals surface area contributed by atoms with E-state index in [0.29, 0.717) is 0 Å². The predicted octanol–water partition coefficient (Wildman–Crippen LogP) is 4.04. The monoisotopic (exact) mass is 382 g/mol. The SMILES string of the molecule is Cc1ccc2c(n1)CC(CCC1CCN(Cc3ccccc3)CC1)[N+](=S)O2. The van der Waals surface area contributed by atoms with Crippen LogP contribution in [0.4, 0.5) is 0 Å². The molecule has 0 amide bonds. The van der Waals surface area contributed by atoms with Crippen LogP contribution in [0.3, 0.4) is 0 Å². The van der Waals surface area contributed by atoms with Crippen LogP contribution in [-0.2, 0) is 25.4 Å². The molecular formula is C22H28N3OS+. The second kappa shape index (κ2) is 8.44. The zero-order valence-electron chi connectivity index (χ0n) is 16.0. The van der Waals surface area contributed by atoms with Gasteiger partial charge in [-0.25, -0.2) is 4.84 Å². The van der Waals surface area contributed by atoms with Gasteiger partial charge in [0, 0.05) is 18.7 Å². The van der Waals surface area contributed by atoms with Crippen LogP contribution < -0.4 is 4.84 Å². The average Bonchev–Trinajstić information content (AvgIpc) is 2.68. The molecule has 0 radical (unpaired) electrons. The van der Waals surface area contributed by atoms with Gasteiger partial charge in [-0.15, -0.1) is 0 Å². The molecule has 0 bridgehead atoms. The van der Waals surface area contributed by atoms with E-state index >= 15 is 0 Å². The summed E-state index contributed by atoms with van der Waals surface area (Å²) >= 11 is 5.45. The highest BCUT2D eigenvalue weighted by Gasteiger charge is 2.34. The van der Waals surface area contributed by atoms with E-state index in [1.165, 1.54) is 37.9 Å². The first-order chi connectivity index (χ1) is 13.2. The number of likely N-dealkylation sites (tertiary alicyclic amines) is 1. The van der Waals surface area contributed by atoms with Crippen molar-refractivity contribution in [1.29, 1.82) is 0 Å². The van der Waals surface area contributed by atoms with Crippen molar-refractivity contribution < 1.29 is 8.95 Å². The topological polar surface area (TPSA) is 28.4 Å². The molecule has 4 nitrogen and oxygen atoms in total. The van der Waals surface area contributed by atoms with Gasteiger partial charge in [0.25, 0.3) is 0 Å². The summed E-state index contributed by atoms with van der Waals surface area (Å²) in [5.41, 5.74) is 3.51. The van der Waals surface area contributed by atoms with E-state index in [1.807, 2.05) is 19.1 Å². The van der Waals surface area contributed by atoms with Crippen molar-refractivity contribution in [2.45, 2.75) is 51.6 Å². The van der Waals surface area contributed by atoms with Gasteiger partial charge < -0.3 is 0 Å². The molecule has 1 aromatic carbocycles. The van der Waals surface area contributed by atoms with Gasteiger partial charge in [-0.1, -0.05) is 30.3 Å². The molecule has 1 unspecified atom stereocenters. The van der Waals surface area contributed by atoms with Gasteiger partial charge in [0.1, 0.15) is 0 Å². The van der Waals surface area contributed by atoms with Crippen LogP contribution in [0.15, 0.2) is 42.5 Å². The van der Waals surface area contributed by atoms with Crippen LogP contribution in [0, 0.1) is 12.8 Å². The Morgan fingerprint density at radius 2 is 1.89 bits per heavy atom. The number of aromatic nitrogens is 1.